The van der Waals surface area contributed by atoms with Crippen molar-refractivity contribution in [2.24, 2.45) is 11.8 Å². The van der Waals surface area contributed by atoms with Crippen molar-refractivity contribution >= 4 is 23.2 Å². The molecule has 0 radical (unpaired) electrons. The lowest BCUT2D eigenvalue weighted by atomic mass is 9.92. The van der Waals surface area contributed by atoms with Gasteiger partial charge in [-0.1, -0.05) is 19.9 Å². The Bertz CT molecular complexity index is 616. The maximum absolute atomic E-state index is 12.5. The summed E-state index contributed by atoms with van der Waals surface area (Å²) in [4.78, 5) is 30.5. The fourth-order valence-electron chi connectivity index (χ4n) is 4.31. The van der Waals surface area contributed by atoms with Gasteiger partial charge in [0, 0.05) is 36.5 Å². The van der Waals surface area contributed by atoms with E-state index in [0.717, 1.165) is 69.7 Å². The Morgan fingerprint density at radius 1 is 1.14 bits per heavy atom. The van der Waals surface area contributed by atoms with Gasteiger partial charge < -0.3 is 15.1 Å². The summed E-state index contributed by atoms with van der Waals surface area (Å²) < 4.78 is 0. The van der Waals surface area contributed by atoms with Crippen molar-refractivity contribution in [2.75, 3.05) is 32.7 Å². The molecule has 0 spiro atoms. The molecule has 28 heavy (non-hydrogen) atoms. The number of piperidine rings is 2. The van der Waals surface area contributed by atoms with Crippen molar-refractivity contribution in [1.29, 1.82) is 0 Å². The van der Waals surface area contributed by atoms with Gasteiger partial charge in [-0.05, 0) is 62.6 Å². The number of likely N-dealkylation sites (tertiary alicyclic amines) is 2. The van der Waals surface area contributed by atoms with Gasteiger partial charge in [-0.3, -0.25) is 9.59 Å². The fraction of sp³-hybridized carbons (Fsp3) is 0.727. The Balaban J connectivity index is 1.35. The van der Waals surface area contributed by atoms with Gasteiger partial charge in [-0.2, -0.15) is 0 Å². The highest BCUT2D eigenvalue weighted by Gasteiger charge is 2.31. The SMILES string of the molecule is CC(C)CCNC(=O)C1CCN(C2CCN(C(=O)Cc3cccs3)CC2)CC1. The van der Waals surface area contributed by atoms with Crippen molar-refractivity contribution < 1.29 is 9.59 Å². The first-order valence-corrected chi connectivity index (χ1v) is 11.7. The monoisotopic (exact) mass is 405 g/mol. The third-order valence-corrected chi connectivity index (χ3v) is 7.04. The van der Waals surface area contributed by atoms with Crippen LogP contribution in [0.1, 0.15) is 50.8 Å². The number of amides is 2. The zero-order valence-electron chi connectivity index (χ0n) is 17.4. The fourth-order valence-corrected chi connectivity index (χ4v) is 5.01. The molecule has 1 aromatic rings. The number of carbonyl (C=O) groups is 2. The summed E-state index contributed by atoms with van der Waals surface area (Å²) in [6.45, 7) is 8.92. The first-order chi connectivity index (χ1) is 13.5. The van der Waals surface area contributed by atoms with Crippen molar-refractivity contribution in [2.45, 2.75) is 58.4 Å². The standard InChI is InChI=1S/C22H35N3O2S/c1-17(2)5-10-23-22(27)18-6-11-24(12-7-18)19-8-13-25(14-9-19)21(26)16-20-4-3-15-28-20/h3-4,15,17-19H,5-14,16H2,1-2H3,(H,23,27). The zero-order valence-corrected chi connectivity index (χ0v) is 18.2. The molecule has 3 rings (SSSR count). The van der Waals surface area contributed by atoms with Crippen LogP contribution in [0, 0.1) is 11.8 Å². The van der Waals surface area contributed by atoms with Crippen molar-refractivity contribution in [1.82, 2.24) is 15.1 Å². The topological polar surface area (TPSA) is 52.7 Å². The second-order valence-corrected chi connectivity index (χ2v) is 9.68. The number of thiophene rings is 1. The first-order valence-electron chi connectivity index (χ1n) is 10.8. The van der Waals surface area contributed by atoms with E-state index in [1.807, 2.05) is 22.4 Å². The van der Waals surface area contributed by atoms with E-state index < -0.39 is 0 Å². The second-order valence-electron chi connectivity index (χ2n) is 8.65. The van der Waals surface area contributed by atoms with Crippen molar-refractivity contribution in [3.63, 3.8) is 0 Å². The Morgan fingerprint density at radius 3 is 2.46 bits per heavy atom. The van der Waals surface area contributed by atoms with Gasteiger partial charge in [-0.25, -0.2) is 0 Å². The van der Waals surface area contributed by atoms with E-state index in [0.29, 0.717) is 18.4 Å². The van der Waals surface area contributed by atoms with Crippen LogP contribution in [0.3, 0.4) is 0 Å². The van der Waals surface area contributed by atoms with Crippen LogP contribution < -0.4 is 5.32 Å². The molecule has 3 heterocycles. The average Bonchev–Trinajstić information content (AvgIpc) is 3.21. The molecule has 0 aliphatic carbocycles. The lowest BCUT2D eigenvalue weighted by molar-refractivity contribution is -0.132. The van der Waals surface area contributed by atoms with E-state index in [1.54, 1.807) is 11.3 Å². The van der Waals surface area contributed by atoms with Crippen LogP contribution >= 0.6 is 11.3 Å². The third kappa shape index (κ3) is 6.05. The number of carbonyl (C=O) groups excluding carboxylic acids is 2. The molecule has 0 aromatic carbocycles. The summed E-state index contributed by atoms with van der Waals surface area (Å²) in [5.74, 6) is 1.31. The van der Waals surface area contributed by atoms with E-state index in [4.69, 9.17) is 0 Å². The highest BCUT2D eigenvalue weighted by Crippen LogP contribution is 2.24. The Kier molecular flexibility index (Phi) is 7.91. The first kappa shape index (κ1) is 21.3. The minimum absolute atomic E-state index is 0.177. The molecule has 156 valence electrons. The second kappa shape index (κ2) is 10.4. The van der Waals surface area contributed by atoms with Crippen LogP contribution in [0.15, 0.2) is 17.5 Å². The van der Waals surface area contributed by atoms with Gasteiger partial charge in [0.05, 0.1) is 6.42 Å². The van der Waals surface area contributed by atoms with Gasteiger partial charge in [0.1, 0.15) is 0 Å². The molecule has 0 unspecified atom stereocenters. The maximum atomic E-state index is 12.5. The Morgan fingerprint density at radius 2 is 1.86 bits per heavy atom. The highest BCUT2D eigenvalue weighted by molar-refractivity contribution is 7.10. The van der Waals surface area contributed by atoms with Gasteiger partial charge in [-0.15, -0.1) is 11.3 Å². The summed E-state index contributed by atoms with van der Waals surface area (Å²) in [6, 6.07) is 4.61. The molecular formula is C22H35N3O2S. The molecule has 0 atom stereocenters. The molecule has 0 bridgehead atoms. The quantitative estimate of drug-likeness (QED) is 0.758. The third-order valence-electron chi connectivity index (χ3n) is 6.16. The Hall–Kier alpha value is -1.40. The minimum atomic E-state index is 0.177. The summed E-state index contributed by atoms with van der Waals surface area (Å²) in [7, 11) is 0. The maximum Gasteiger partial charge on any atom is 0.227 e. The largest absolute Gasteiger partial charge is 0.356 e. The number of hydrogen-bond donors (Lipinski definition) is 1. The number of nitrogens with zero attached hydrogens (tertiary/aromatic N) is 2. The zero-order chi connectivity index (χ0) is 19.9. The van der Waals surface area contributed by atoms with Crippen LogP contribution in [0.2, 0.25) is 0 Å². The van der Waals surface area contributed by atoms with E-state index >= 15 is 0 Å². The van der Waals surface area contributed by atoms with Crippen molar-refractivity contribution in [3.05, 3.63) is 22.4 Å². The average molecular weight is 406 g/mol. The van der Waals surface area contributed by atoms with Gasteiger partial charge >= 0.3 is 0 Å². The summed E-state index contributed by atoms with van der Waals surface area (Å²) in [5, 5.41) is 5.14. The number of hydrogen-bond acceptors (Lipinski definition) is 4. The molecule has 2 aliphatic rings. The van der Waals surface area contributed by atoms with Crippen LogP contribution in [-0.2, 0) is 16.0 Å². The Labute approximate surface area is 173 Å². The molecule has 0 saturated carbocycles. The van der Waals surface area contributed by atoms with E-state index in [2.05, 4.69) is 24.1 Å². The van der Waals surface area contributed by atoms with Crippen LogP contribution in [0.25, 0.3) is 0 Å². The molecular weight excluding hydrogens is 370 g/mol. The highest BCUT2D eigenvalue weighted by atomic mass is 32.1. The molecule has 2 amide bonds. The molecule has 1 aromatic heterocycles. The molecule has 6 heteroatoms. The van der Waals surface area contributed by atoms with E-state index in [-0.39, 0.29) is 17.7 Å². The molecule has 2 aliphatic heterocycles. The summed E-state index contributed by atoms with van der Waals surface area (Å²) >= 11 is 1.66. The van der Waals surface area contributed by atoms with Crippen LogP contribution in [0.5, 0.6) is 0 Å². The molecule has 2 saturated heterocycles. The van der Waals surface area contributed by atoms with Crippen molar-refractivity contribution in [3.8, 4) is 0 Å². The molecule has 5 nitrogen and oxygen atoms in total. The molecule has 2 fully saturated rings. The lowest BCUT2D eigenvalue weighted by Gasteiger charge is -2.41. The predicted octanol–water partition coefficient (Wildman–Crippen LogP) is 3.16. The lowest BCUT2D eigenvalue weighted by Crippen LogP contribution is -2.50. The van der Waals surface area contributed by atoms with Crippen LogP contribution in [-0.4, -0.2) is 60.4 Å². The predicted molar refractivity (Wildman–Crippen MR) is 114 cm³/mol. The van der Waals surface area contributed by atoms with Crippen LogP contribution in [0.4, 0.5) is 0 Å². The normalized spacial score (nSPS) is 19.9. The van der Waals surface area contributed by atoms with Gasteiger partial charge in [0.2, 0.25) is 11.8 Å². The van der Waals surface area contributed by atoms with E-state index in [9.17, 15) is 9.59 Å². The summed E-state index contributed by atoms with van der Waals surface area (Å²) in [6.07, 6.45) is 5.63. The minimum Gasteiger partial charge on any atom is -0.356 e. The van der Waals surface area contributed by atoms with Gasteiger partial charge in [0.25, 0.3) is 0 Å². The number of rotatable bonds is 7. The molecule has 1 N–H and O–H groups in total. The smallest absolute Gasteiger partial charge is 0.227 e. The van der Waals surface area contributed by atoms with Gasteiger partial charge in [0.15, 0.2) is 0 Å². The number of nitrogens with one attached hydrogen (secondary N) is 1. The summed E-state index contributed by atoms with van der Waals surface area (Å²) in [5.41, 5.74) is 0. The van der Waals surface area contributed by atoms with E-state index in [1.165, 1.54) is 0 Å².